The minimum atomic E-state index is -5.26. The summed E-state index contributed by atoms with van der Waals surface area (Å²) in [5, 5.41) is 11.0. The molecular weight excluding hydrogens is 421 g/mol. The van der Waals surface area contributed by atoms with Crippen LogP contribution in [0.2, 0.25) is 0 Å². The number of nitrogens with zero attached hydrogens (tertiary/aromatic N) is 2. The minimum absolute atomic E-state index is 0.0265. The molecule has 0 unspecified atom stereocenters. The molecule has 5 nitrogen and oxygen atoms in total. The molecule has 2 aromatic rings. The van der Waals surface area contributed by atoms with E-state index in [1.54, 1.807) is 0 Å². The number of fused-ring (bicyclic) bond motifs is 1. The van der Waals surface area contributed by atoms with Gasteiger partial charge in [-0.1, -0.05) is 0 Å². The van der Waals surface area contributed by atoms with Gasteiger partial charge in [0.1, 0.15) is 0 Å². The summed E-state index contributed by atoms with van der Waals surface area (Å²) < 4.78 is 115. The first kappa shape index (κ1) is 21.1. The third-order valence-corrected chi connectivity index (χ3v) is 4.22. The molecule has 0 saturated carbocycles. The summed E-state index contributed by atoms with van der Waals surface area (Å²) in [4.78, 5) is 13.0. The Labute approximate surface area is 147 Å². The van der Waals surface area contributed by atoms with Crippen molar-refractivity contribution in [3.63, 3.8) is 0 Å². The molecule has 0 saturated heterocycles. The largest absolute Gasteiger partial charge is 0.449 e. The molecule has 0 aliphatic heterocycles. The molecule has 27 heavy (non-hydrogen) atoms. The van der Waals surface area contributed by atoms with Crippen LogP contribution in [0, 0.1) is 10.1 Å². The van der Waals surface area contributed by atoms with Crippen molar-refractivity contribution in [1.82, 2.24) is 9.97 Å². The van der Waals surface area contributed by atoms with E-state index in [1.165, 1.54) is 4.98 Å². The van der Waals surface area contributed by atoms with E-state index in [0.717, 1.165) is 0 Å². The van der Waals surface area contributed by atoms with Crippen molar-refractivity contribution in [2.75, 3.05) is 5.75 Å². The Bertz CT molecular complexity index is 870. The highest BCUT2D eigenvalue weighted by Crippen LogP contribution is 2.45. The number of hydrogen-bond donors (Lipinski definition) is 1. The monoisotopic (exact) mass is 427 g/mol. The van der Waals surface area contributed by atoms with Crippen LogP contribution >= 0.6 is 11.8 Å². The number of nitro groups is 1. The van der Waals surface area contributed by atoms with E-state index in [-0.39, 0.29) is 17.8 Å². The van der Waals surface area contributed by atoms with Crippen molar-refractivity contribution in [3.8, 4) is 0 Å². The number of nitrogens with one attached hydrogen (secondary N) is 1. The molecule has 1 heterocycles. The number of alkyl halides is 9. The molecule has 0 radical (unpaired) electrons. The molecule has 0 aliphatic rings. The van der Waals surface area contributed by atoms with Crippen LogP contribution in [0.5, 0.6) is 0 Å². The van der Waals surface area contributed by atoms with Gasteiger partial charge in [0.05, 0.1) is 22.4 Å². The third kappa shape index (κ3) is 4.75. The van der Waals surface area contributed by atoms with Gasteiger partial charge in [-0.3, -0.25) is 10.1 Å². The predicted octanol–water partition coefficient (Wildman–Crippen LogP) is 5.55. The summed E-state index contributed by atoms with van der Waals surface area (Å²) in [6.45, 7) is 0. The van der Waals surface area contributed by atoms with Gasteiger partial charge in [0.2, 0.25) is 5.82 Å². The molecule has 0 bridgehead atoms. The highest BCUT2D eigenvalue weighted by Gasteiger charge is 2.41. The SMILES string of the molecule is O=[N+]([O-])c1cc(C(F)(F)F)c(SCCC(F)(F)F)c2[nH]c(C(F)(F)F)nc12. The minimum Gasteiger partial charge on any atom is -0.333 e. The Morgan fingerprint density at radius 1 is 1.07 bits per heavy atom. The number of aromatic amines is 1. The Hall–Kier alpha value is -2.19. The first-order valence-electron chi connectivity index (χ1n) is 6.66. The van der Waals surface area contributed by atoms with Gasteiger partial charge in [0.25, 0.3) is 5.69 Å². The number of halogens is 9. The summed E-state index contributed by atoms with van der Waals surface area (Å²) >= 11 is -0.0265. The smallest absolute Gasteiger partial charge is 0.333 e. The summed E-state index contributed by atoms with van der Waals surface area (Å²) in [7, 11) is 0. The summed E-state index contributed by atoms with van der Waals surface area (Å²) in [5.41, 5.74) is -5.12. The number of thioether (sulfide) groups is 1. The molecule has 1 aromatic heterocycles. The molecule has 0 fully saturated rings. The standard InChI is InChI=1S/C12H6F9N3O2S/c13-10(14,15)1-2-27-8-4(11(16,17)18)3-5(24(25)26)6-7(8)23-9(22-6)12(19,20)21/h3H,1-2H2,(H,22,23). The van der Waals surface area contributed by atoms with Crippen LogP contribution in [0.15, 0.2) is 11.0 Å². The summed E-state index contributed by atoms with van der Waals surface area (Å²) in [5.74, 6) is -2.75. The predicted molar refractivity (Wildman–Crippen MR) is 74.1 cm³/mol. The van der Waals surface area contributed by atoms with E-state index >= 15 is 0 Å². The Morgan fingerprint density at radius 3 is 2.11 bits per heavy atom. The maximum absolute atomic E-state index is 13.2. The van der Waals surface area contributed by atoms with Crippen LogP contribution in [0.3, 0.4) is 0 Å². The number of benzene rings is 1. The van der Waals surface area contributed by atoms with Crippen LogP contribution in [0.25, 0.3) is 11.0 Å². The third-order valence-electron chi connectivity index (χ3n) is 3.10. The maximum atomic E-state index is 13.2. The number of nitro benzene ring substituents is 1. The highest BCUT2D eigenvalue weighted by atomic mass is 32.2. The lowest BCUT2D eigenvalue weighted by Gasteiger charge is -2.14. The number of aromatic nitrogens is 2. The molecule has 0 aliphatic carbocycles. The van der Waals surface area contributed by atoms with Crippen LogP contribution in [0.1, 0.15) is 17.8 Å². The fourth-order valence-electron chi connectivity index (χ4n) is 2.03. The van der Waals surface area contributed by atoms with Crippen LogP contribution in [0.4, 0.5) is 45.2 Å². The lowest BCUT2D eigenvalue weighted by molar-refractivity contribution is -0.383. The lowest BCUT2D eigenvalue weighted by atomic mass is 10.1. The van der Waals surface area contributed by atoms with Crippen molar-refractivity contribution in [3.05, 3.63) is 27.6 Å². The summed E-state index contributed by atoms with van der Waals surface area (Å²) in [6, 6.07) is -0.0424. The van der Waals surface area contributed by atoms with Crippen LogP contribution < -0.4 is 0 Å². The first-order valence-corrected chi connectivity index (χ1v) is 7.65. The quantitative estimate of drug-likeness (QED) is 0.301. The van der Waals surface area contributed by atoms with E-state index in [2.05, 4.69) is 4.98 Å². The topological polar surface area (TPSA) is 71.8 Å². The number of rotatable bonds is 4. The number of hydrogen-bond acceptors (Lipinski definition) is 4. The average molecular weight is 427 g/mol. The van der Waals surface area contributed by atoms with E-state index in [1.807, 2.05) is 0 Å². The van der Waals surface area contributed by atoms with Gasteiger partial charge >= 0.3 is 18.5 Å². The van der Waals surface area contributed by atoms with Gasteiger partial charge in [-0.2, -0.15) is 39.5 Å². The molecule has 0 amide bonds. The first-order chi connectivity index (χ1) is 12.1. The Balaban J connectivity index is 2.73. The van der Waals surface area contributed by atoms with Gasteiger partial charge in [0, 0.05) is 16.7 Å². The van der Waals surface area contributed by atoms with Crippen molar-refractivity contribution in [2.45, 2.75) is 29.8 Å². The molecule has 2 rings (SSSR count). The summed E-state index contributed by atoms with van der Waals surface area (Å²) in [6.07, 6.45) is -16.7. The fourth-order valence-corrected chi connectivity index (χ4v) is 3.19. The average Bonchev–Trinajstić information content (AvgIpc) is 2.89. The van der Waals surface area contributed by atoms with Crippen molar-refractivity contribution in [2.24, 2.45) is 0 Å². The molecule has 0 atom stereocenters. The molecule has 15 heteroatoms. The Morgan fingerprint density at radius 2 is 1.67 bits per heavy atom. The highest BCUT2D eigenvalue weighted by molar-refractivity contribution is 7.99. The zero-order valence-electron chi connectivity index (χ0n) is 12.5. The second kappa shape index (κ2) is 6.76. The van der Waals surface area contributed by atoms with Crippen LogP contribution in [-0.4, -0.2) is 26.8 Å². The number of imidazole rings is 1. The van der Waals surface area contributed by atoms with Gasteiger partial charge in [-0.25, -0.2) is 4.98 Å². The molecule has 0 spiro atoms. The maximum Gasteiger partial charge on any atom is 0.449 e. The zero-order chi connectivity index (χ0) is 20.8. The number of H-pyrrole nitrogens is 1. The molecule has 1 aromatic carbocycles. The van der Waals surface area contributed by atoms with Crippen molar-refractivity contribution in [1.29, 1.82) is 0 Å². The lowest BCUT2D eigenvalue weighted by Crippen LogP contribution is -2.11. The van der Waals surface area contributed by atoms with Gasteiger partial charge in [0.15, 0.2) is 5.52 Å². The molecule has 1 N–H and O–H groups in total. The van der Waals surface area contributed by atoms with Gasteiger partial charge < -0.3 is 4.98 Å². The second-order valence-corrected chi connectivity index (χ2v) is 6.15. The Kier molecular flexibility index (Phi) is 5.29. The fraction of sp³-hybridized carbons (Fsp3) is 0.417. The van der Waals surface area contributed by atoms with Crippen molar-refractivity contribution >= 4 is 28.5 Å². The van der Waals surface area contributed by atoms with Gasteiger partial charge in [-0.05, 0) is 0 Å². The molecular formula is C12H6F9N3O2S. The normalized spacial score (nSPS) is 13.4. The van der Waals surface area contributed by atoms with E-state index in [9.17, 15) is 49.6 Å². The molecule has 150 valence electrons. The van der Waals surface area contributed by atoms with Crippen LogP contribution in [-0.2, 0) is 12.4 Å². The number of non-ortho nitro benzene ring substituents is 1. The second-order valence-electron chi connectivity index (χ2n) is 5.05. The van der Waals surface area contributed by atoms with E-state index in [0.29, 0.717) is 0 Å². The van der Waals surface area contributed by atoms with Gasteiger partial charge in [-0.15, -0.1) is 11.8 Å². The zero-order valence-corrected chi connectivity index (χ0v) is 13.3. The van der Waals surface area contributed by atoms with Crippen molar-refractivity contribution < 1.29 is 44.4 Å². The van der Waals surface area contributed by atoms with E-state index < -0.39 is 68.6 Å². The van der Waals surface area contributed by atoms with E-state index in [4.69, 9.17) is 0 Å².